The molecule has 0 saturated heterocycles. The zero-order chi connectivity index (χ0) is 12.7. The molecule has 0 spiro atoms. The van der Waals surface area contributed by atoms with E-state index in [9.17, 15) is 4.79 Å². The van der Waals surface area contributed by atoms with Crippen LogP contribution in [-0.2, 0) is 14.3 Å². The van der Waals surface area contributed by atoms with E-state index in [0.29, 0.717) is 38.9 Å². The Morgan fingerprint density at radius 1 is 1.35 bits per heavy atom. The number of hydrogen-bond acceptors (Lipinski definition) is 4. The molecule has 1 atom stereocenters. The third kappa shape index (κ3) is 5.48. The smallest absolute Gasteiger partial charge is 0.237 e. The van der Waals surface area contributed by atoms with E-state index < -0.39 is 5.54 Å². The SMILES string of the molecule is CCOCCOCCC(C)(NC1CC1)C(N)=O. The van der Waals surface area contributed by atoms with Crippen molar-refractivity contribution in [3.05, 3.63) is 0 Å². The van der Waals surface area contributed by atoms with Crippen molar-refractivity contribution in [1.82, 2.24) is 5.32 Å². The predicted octanol–water partition coefficient (Wildman–Crippen LogP) is 0.426. The molecule has 1 amide bonds. The van der Waals surface area contributed by atoms with Gasteiger partial charge in [0.05, 0.1) is 18.8 Å². The van der Waals surface area contributed by atoms with Crippen LogP contribution < -0.4 is 11.1 Å². The first-order chi connectivity index (χ1) is 8.08. The normalized spacial score (nSPS) is 18.9. The van der Waals surface area contributed by atoms with Crippen LogP contribution in [0.3, 0.4) is 0 Å². The molecule has 5 nitrogen and oxygen atoms in total. The highest BCUT2D eigenvalue weighted by Gasteiger charge is 2.36. The molecule has 0 aliphatic heterocycles. The van der Waals surface area contributed by atoms with Crippen LogP contribution in [0.4, 0.5) is 0 Å². The van der Waals surface area contributed by atoms with Crippen molar-refractivity contribution in [2.75, 3.05) is 26.4 Å². The van der Waals surface area contributed by atoms with Crippen LogP contribution in [0.1, 0.15) is 33.1 Å². The highest BCUT2D eigenvalue weighted by atomic mass is 16.5. The fourth-order valence-electron chi connectivity index (χ4n) is 1.59. The predicted molar refractivity (Wildman–Crippen MR) is 65.7 cm³/mol. The van der Waals surface area contributed by atoms with Crippen LogP contribution in [-0.4, -0.2) is 43.9 Å². The van der Waals surface area contributed by atoms with Gasteiger partial charge < -0.3 is 20.5 Å². The molecule has 3 N–H and O–H groups in total. The summed E-state index contributed by atoms with van der Waals surface area (Å²) in [6.07, 6.45) is 2.87. The molecule has 5 heteroatoms. The minimum atomic E-state index is -0.646. The minimum absolute atomic E-state index is 0.308. The summed E-state index contributed by atoms with van der Waals surface area (Å²) in [5.41, 5.74) is 4.78. The third-order valence-corrected chi connectivity index (χ3v) is 2.97. The first kappa shape index (κ1) is 14.4. The Hall–Kier alpha value is -0.650. The second kappa shape index (κ2) is 6.93. The summed E-state index contributed by atoms with van der Waals surface area (Å²) in [4.78, 5) is 11.4. The Morgan fingerprint density at radius 3 is 2.53 bits per heavy atom. The molecule has 100 valence electrons. The van der Waals surface area contributed by atoms with Crippen LogP contribution in [0.25, 0.3) is 0 Å². The lowest BCUT2D eigenvalue weighted by atomic mass is 9.97. The highest BCUT2D eigenvalue weighted by Crippen LogP contribution is 2.23. The Kier molecular flexibility index (Phi) is 5.88. The largest absolute Gasteiger partial charge is 0.379 e. The maximum atomic E-state index is 11.4. The van der Waals surface area contributed by atoms with Gasteiger partial charge in [0.15, 0.2) is 0 Å². The number of hydrogen-bond donors (Lipinski definition) is 2. The molecule has 1 rings (SSSR count). The average Bonchev–Trinajstić information content (AvgIpc) is 3.07. The number of rotatable bonds is 10. The molecule has 17 heavy (non-hydrogen) atoms. The second-order valence-corrected chi connectivity index (χ2v) is 4.67. The summed E-state index contributed by atoms with van der Waals surface area (Å²) in [5, 5.41) is 3.28. The summed E-state index contributed by atoms with van der Waals surface area (Å²) in [6.45, 7) is 6.17. The molecular formula is C12H24N2O3. The van der Waals surface area contributed by atoms with Gasteiger partial charge in [-0.3, -0.25) is 4.79 Å². The molecule has 1 aliphatic carbocycles. The van der Waals surface area contributed by atoms with E-state index in [4.69, 9.17) is 15.2 Å². The molecule has 0 aromatic heterocycles. The van der Waals surface area contributed by atoms with E-state index in [2.05, 4.69) is 5.32 Å². The van der Waals surface area contributed by atoms with Crippen LogP contribution in [0.2, 0.25) is 0 Å². The molecule has 0 heterocycles. The van der Waals surface area contributed by atoms with Gasteiger partial charge in [-0.25, -0.2) is 0 Å². The lowest BCUT2D eigenvalue weighted by Gasteiger charge is -2.27. The summed E-state index contributed by atoms with van der Waals surface area (Å²) in [6, 6.07) is 0.455. The molecule has 1 unspecified atom stereocenters. The Labute approximate surface area is 103 Å². The fourth-order valence-corrected chi connectivity index (χ4v) is 1.59. The van der Waals surface area contributed by atoms with Crippen molar-refractivity contribution in [3.63, 3.8) is 0 Å². The summed E-state index contributed by atoms with van der Waals surface area (Å²) < 4.78 is 10.6. The van der Waals surface area contributed by atoms with Crippen molar-refractivity contribution < 1.29 is 14.3 Å². The molecule has 0 bridgehead atoms. The van der Waals surface area contributed by atoms with Gasteiger partial charge >= 0.3 is 0 Å². The van der Waals surface area contributed by atoms with Crippen LogP contribution in [0, 0.1) is 0 Å². The topological polar surface area (TPSA) is 73.6 Å². The number of amides is 1. The first-order valence-electron chi connectivity index (χ1n) is 6.31. The zero-order valence-corrected chi connectivity index (χ0v) is 10.8. The number of carbonyl (C=O) groups excluding carboxylic acids is 1. The van der Waals surface area contributed by atoms with Crippen LogP contribution >= 0.6 is 0 Å². The van der Waals surface area contributed by atoms with E-state index in [0.717, 1.165) is 12.8 Å². The van der Waals surface area contributed by atoms with Gasteiger partial charge in [0.2, 0.25) is 5.91 Å². The van der Waals surface area contributed by atoms with E-state index in [-0.39, 0.29) is 5.91 Å². The maximum Gasteiger partial charge on any atom is 0.237 e. The number of primary amides is 1. The van der Waals surface area contributed by atoms with Gasteiger partial charge in [-0.05, 0) is 33.1 Å². The quantitative estimate of drug-likeness (QED) is 0.546. The van der Waals surface area contributed by atoms with Crippen molar-refractivity contribution in [3.8, 4) is 0 Å². The van der Waals surface area contributed by atoms with Crippen LogP contribution in [0.5, 0.6) is 0 Å². The van der Waals surface area contributed by atoms with Gasteiger partial charge in [0.1, 0.15) is 0 Å². The second-order valence-electron chi connectivity index (χ2n) is 4.67. The lowest BCUT2D eigenvalue weighted by molar-refractivity contribution is -0.124. The summed E-state index contributed by atoms with van der Waals surface area (Å²) in [5.74, 6) is -0.308. The zero-order valence-electron chi connectivity index (χ0n) is 10.8. The molecule has 0 aromatic rings. The van der Waals surface area contributed by atoms with Crippen LogP contribution in [0.15, 0.2) is 0 Å². The number of ether oxygens (including phenoxy) is 2. The van der Waals surface area contributed by atoms with Crippen molar-refractivity contribution in [2.24, 2.45) is 5.73 Å². The van der Waals surface area contributed by atoms with Crippen molar-refractivity contribution >= 4 is 5.91 Å². The number of carbonyl (C=O) groups is 1. The molecule has 1 aliphatic rings. The highest BCUT2D eigenvalue weighted by molar-refractivity contribution is 5.84. The Balaban J connectivity index is 2.17. The Morgan fingerprint density at radius 2 is 2.00 bits per heavy atom. The minimum Gasteiger partial charge on any atom is -0.379 e. The van der Waals surface area contributed by atoms with E-state index >= 15 is 0 Å². The molecule has 0 aromatic carbocycles. The van der Waals surface area contributed by atoms with Gasteiger partial charge in [0, 0.05) is 19.3 Å². The third-order valence-electron chi connectivity index (χ3n) is 2.97. The summed E-state index contributed by atoms with van der Waals surface area (Å²) in [7, 11) is 0. The monoisotopic (exact) mass is 244 g/mol. The average molecular weight is 244 g/mol. The van der Waals surface area contributed by atoms with Crippen molar-refractivity contribution in [1.29, 1.82) is 0 Å². The number of nitrogens with two attached hydrogens (primary N) is 1. The molecule has 0 radical (unpaired) electrons. The van der Waals surface area contributed by atoms with Crippen molar-refractivity contribution in [2.45, 2.75) is 44.7 Å². The fraction of sp³-hybridized carbons (Fsp3) is 0.917. The Bertz CT molecular complexity index is 244. The van der Waals surface area contributed by atoms with Gasteiger partial charge in [-0.15, -0.1) is 0 Å². The number of nitrogens with one attached hydrogen (secondary N) is 1. The molecule has 1 saturated carbocycles. The molecular weight excluding hydrogens is 220 g/mol. The van der Waals surface area contributed by atoms with E-state index in [1.54, 1.807) is 0 Å². The van der Waals surface area contributed by atoms with Gasteiger partial charge in [-0.2, -0.15) is 0 Å². The van der Waals surface area contributed by atoms with Gasteiger partial charge in [-0.1, -0.05) is 0 Å². The first-order valence-corrected chi connectivity index (χ1v) is 6.31. The lowest BCUT2D eigenvalue weighted by Crippen LogP contribution is -2.54. The standard InChI is InChI=1S/C12H24N2O3/c1-3-16-8-9-17-7-6-12(2,11(13)15)14-10-4-5-10/h10,14H,3-9H2,1-2H3,(H2,13,15). The van der Waals surface area contributed by atoms with Gasteiger partial charge in [0.25, 0.3) is 0 Å². The summed E-state index contributed by atoms with van der Waals surface area (Å²) >= 11 is 0. The van der Waals surface area contributed by atoms with E-state index in [1.165, 1.54) is 0 Å². The van der Waals surface area contributed by atoms with E-state index in [1.807, 2.05) is 13.8 Å². The molecule has 1 fully saturated rings. The maximum absolute atomic E-state index is 11.4.